The number of aromatic nitrogens is 2. The number of anilines is 2. The lowest BCUT2D eigenvalue weighted by Gasteiger charge is -2.32. The molecule has 0 radical (unpaired) electrons. The minimum Gasteiger partial charge on any atom is -0.496 e. The molecule has 1 aromatic heterocycles. The molecule has 0 unspecified atom stereocenters. The molecular weight excluding hydrogens is 499 g/mol. The first kappa shape index (κ1) is 22.3. The van der Waals surface area contributed by atoms with Gasteiger partial charge in [-0.1, -0.05) is 13.8 Å². The number of methoxy groups -OCH3 is 1. The fourth-order valence-electron chi connectivity index (χ4n) is 3.07. The van der Waals surface area contributed by atoms with Crippen LogP contribution in [0.3, 0.4) is 0 Å². The van der Waals surface area contributed by atoms with Crippen molar-refractivity contribution in [2.45, 2.75) is 19.8 Å². The number of ether oxygens (including phenoxy) is 2. The van der Waals surface area contributed by atoms with E-state index in [-0.39, 0.29) is 23.7 Å². The first-order chi connectivity index (χ1) is 14.3. The monoisotopic (exact) mass is 526 g/mol. The summed E-state index contributed by atoms with van der Waals surface area (Å²) in [5.74, 6) is 2.31. The number of likely N-dealkylation sites (N-methyl/N-ethyl adjacent to an activating group) is 1. The molecular formula is C20H27IN6O3. The van der Waals surface area contributed by atoms with Crippen molar-refractivity contribution >= 4 is 40.4 Å². The van der Waals surface area contributed by atoms with Crippen molar-refractivity contribution in [2.75, 3.05) is 51.4 Å². The first-order valence-electron chi connectivity index (χ1n) is 9.70. The molecule has 1 aliphatic rings. The lowest BCUT2D eigenvalue weighted by molar-refractivity contribution is 0.164. The van der Waals surface area contributed by atoms with Crippen molar-refractivity contribution in [1.29, 1.82) is 0 Å². The van der Waals surface area contributed by atoms with Gasteiger partial charge in [-0.25, -0.2) is 9.78 Å². The molecule has 2 amide bonds. The average Bonchev–Trinajstić information content (AvgIpc) is 2.70. The molecule has 9 nitrogen and oxygen atoms in total. The number of nitrogens with one attached hydrogen (secondary N) is 1. The van der Waals surface area contributed by atoms with Gasteiger partial charge in [-0.2, -0.15) is 4.98 Å². The first-order valence-corrected chi connectivity index (χ1v) is 10.8. The number of amides is 2. The fraction of sp³-hybridized carbons (Fsp3) is 0.450. The van der Waals surface area contributed by atoms with Crippen LogP contribution in [0.25, 0.3) is 0 Å². The standard InChI is InChI=1S/C20H27IN6O3/c1-12(2)13-9-16(29-4)14(21)10-15(13)30-17-11-23-19(24-18(17)22)25-20(28)27-7-5-26(3)6-8-27/h9-12H,5-8H2,1-4H3,(H3,22,23,24,25,28). The largest absolute Gasteiger partial charge is 0.496 e. The molecule has 1 saturated heterocycles. The van der Waals surface area contributed by atoms with Crippen molar-refractivity contribution in [3.8, 4) is 17.2 Å². The van der Waals surface area contributed by atoms with Gasteiger partial charge in [0.25, 0.3) is 0 Å². The van der Waals surface area contributed by atoms with E-state index in [2.05, 4.69) is 56.6 Å². The van der Waals surface area contributed by atoms with E-state index in [9.17, 15) is 4.79 Å². The number of urea groups is 1. The number of hydrogen-bond donors (Lipinski definition) is 2. The summed E-state index contributed by atoms with van der Waals surface area (Å²) in [6.07, 6.45) is 1.48. The summed E-state index contributed by atoms with van der Waals surface area (Å²) < 4.78 is 12.4. The Bertz CT molecular complexity index is 916. The average molecular weight is 526 g/mol. The third kappa shape index (κ3) is 5.22. The molecule has 0 atom stereocenters. The van der Waals surface area contributed by atoms with Gasteiger partial charge in [-0.3, -0.25) is 5.32 Å². The topological polar surface area (TPSA) is 106 Å². The molecule has 30 heavy (non-hydrogen) atoms. The lowest BCUT2D eigenvalue weighted by Crippen LogP contribution is -2.48. The third-order valence-electron chi connectivity index (χ3n) is 4.92. The Morgan fingerprint density at radius 3 is 2.50 bits per heavy atom. The zero-order valence-electron chi connectivity index (χ0n) is 17.6. The molecule has 2 heterocycles. The van der Waals surface area contributed by atoms with Gasteiger partial charge in [0.2, 0.25) is 5.95 Å². The quantitative estimate of drug-likeness (QED) is 0.576. The highest BCUT2D eigenvalue weighted by molar-refractivity contribution is 14.1. The molecule has 2 aromatic rings. The maximum Gasteiger partial charge on any atom is 0.324 e. The van der Waals surface area contributed by atoms with Crippen molar-refractivity contribution in [2.24, 2.45) is 0 Å². The van der Waals surface area contributed by atoms with E-state index in [4.69, 9.17) is 15.2 Å². The Morgan fingerprint density at radius 2 is 1.90 bits per heavy atom. The Labute approximate surface area is 190 Å². The predicted octanol–water partition coefficient (Wildman–Crippen LogP) is 3.37. The zero-order chi connectivity index (χ0) is 21.8. The van der Waals surface area contributed by atoms with Crippen LogP contribution in [0.1, 0.15) is 25.3 Å². The summed E-state index contributed by atoms with van der Waals surface area (Å²) in [6.45, 7) is 7.14. The molecule has 0 aliphatic carbocycles. The number of rotatable bonds is 5. The van der Waals surface area contributed by atoms with Gasteiger partial charge in [-0.15, -0.1) is 0 Å². The zero-order valence-corrected chi connectivity index (χ0v) is 19.8. The second-order valence-electron chi connectivity index (χ2n) is 7.44. The Balaban J connectivity index is 1.75. The minimum absolute atomic E-state index is 0.150. The van der Waals surface area contributed by atoms with Crippen LogP contribution in [0.4, 0.5) is 16.6 Å². The van der Waals surface area contributed by atoms with Crippen LogP contribution in [-0.4, -0.2) is 66.1 Å². The SMILES string of the molecule is COc1cc(C(C)C)c(Oc2cnc(NC(=O)N3CCN(C)CC3)nc2N)cc1I. The molecule has 1 fully saturated rings. The normalized spacial score (nSPS) is 14.7. The minimum atomic E-state index is -0.233. The maximum atomic E-state index is 12.4. The van der Waals surface area contributed by atoms with Crippen molar-refractivity contribution in [3.63, 3.8) is 0 Å². The summed E-state index contributed by atoms with van der Waals surface area (Å²) in [4.78, 5) is 24.7. The fourth-order valence-corrected chi connectivity index (χ4v) is 3.73. The molecule has 3 rings (SSSR count). The number of nitrogen functional groups attached to an aromatic ring is 1. The van der Waals surface area contributed by atoms with Crippen molar-refractivity contribution in [1.82, 2.24) is 19.8 Å². The summed E-state index contributed by atoms with van der Waals surface area (Å²) >= 11 is 2.20. The number of halogens is 1. The van der Waals surface area contributed by atoms with E-state index >= 15 is 0 Å². The second kappa shape index (κ2) is 9.65. The molecule has 3 N–H and O–H groups in total. The van der Waals surface area contributed by atoms with E-state index < -0.39 is 0 Å². The van der Waals surface area contributed by atoms with E-state index in [0.717, 1.165) is 28.0 Å². The summed E-state index contributed by atoms with van der Waals surface area (Å²) in [7, 11) is 3.68. The molecule has 0 spiro atoms. The van der Waals surface area contributed by atoms with Gasteiger partial charge in [0.05, 0.1) is 16.9 Å². The Morgan fingerprint density at radius 1 is 1.20 bits per heavy atom. The van der Waals surface area contributed by atoms with Crippen molar-refractivity contribution in [3.05, 3.63) is 27.5 Å². The van der Waals surface area contributed by atoms with E-state index in [1.165, 1.54) is 6.20 Å². The predicted molar refractivity (Wildman–Crippen MR) is 124 cm³/mol. The van der Waals surface area contributed by atoms with Crippen LogP contribution in [-0.2, 0) is 0 Å². The van der Waals surface area contributed by atoms with Gasteiger partial charge < -0.3 is 25.0 Å². The van der Waals surface area contributed by atoms with E-state index in [1.807, 2.05) is 19.2 Å². The number of piperazine rings is 1. The van der Waals surface area contributed by atoms with E-state index in [0.29, 0.717) is 24.6 Å². The highest BCUT2D eigenvalue weighted by atomic mass is 127. The molecule has 1 aromatic carbocycles. The lowest BCUT2D eigenvalue weighted by atomic mass is 10.0. The van der Waals surface area contributed by atoms with Crippen LogP contribution in [0.15, 0.2) is 18.3 Å². The van der Waals surface area contributed by atoms with Gasteiger partial charge >= 0.3 is 6.03 Å². The van der Waals surface area contributed by atoms with Crippen LogP contribution >= 0.6 is 22.6 Å². The number of nitrogens with two attached hydrogens (primary N) is 1. The third-order valence-corrected chi connectivity index (χ3v) is 5.76. The van der Waals surface area contributed by atoms with Crippen LogP contribution < -0.4 is 20.5 Å². The number of hydrogen-bond acceptors (Lipinski definition) is 7. The van der Waals surface area contributed by atoms with Crippen LogP contribution in [0.5, 0.6) is 17.2 Å². The number of carbonyl (C=O) groups is 1. The molecule has 162 valence electrons. The van der Waals surface area contributed by atoms with Crippen molar-refractivity contribution < 1.29 is 14.3 Å². The smallest absolute Gasteiger partial charge is 0.324 e. The summed E-state index contributed by atoms with van der Waals surface area (Å²) in [5.41, 5.74) is 7.07. The molecule has 0 saturated carbocycles. The second-order valence-corrected chi connectivity index (χ2v) is 8.61. The maximum absolute atomic E-state index is 12.4. The summed E-state index contributed by atoms with van der Waals surface area (Å²) in [6, 6.07) is 3.63. The van der Waals surface area contributed by atoms with Gasteiger partial charge in [0.15, 0.2) is 11.6 Å². The summed E-state index contributed by atoms with van der Waals surface area (Å²) in [5, 5.41) is 2.71. The van der Waals surface area contributed by atoms with Gasteiger partial charge in [0, 0.05) is 31.7 Å². The van der Waals surface area contributed by atoms with E-state index in [1.54, 1.807) is 12.0 Å². The highest BCUT2D eigenvalue weighted by Crippen LogP contribution is 2.37. The number of nitrogens with zero attached hydrogens (tertiary/aromatic N) is 4. The molecule has 0 bridgehead atoms. The molecule has 1 aliphatic heterocycles. The van der Waals surface area contributed by atoms with Crippen LogP contribution in [0.2, 0.25) is 0 Å². The molecule has 10 heteroatoms. The highest BCUT2D eigenvalue weighted by Gasteiger charge is 2.20. The Kier molecular flexibility index (Phi) is 7.19. The van der Waals surface area contributed by atoms with Crippen LogP contribution in [0, 0.1) is 3.57 Å². The number of benzene rings is 1. The van der Waals surface area contributed by atoms with Gasteiger partial charge in [0.1, 0.15) is 11.5 Å². The van der Waals surface area contributed by atoms with Gasteiger partial charge in [-0.05, 0) is 47.7 Å². The Hall–Kier alpha value is -2.34. The number of carbonyl (C=O) groups excluding carboxylic acids is 1.